The molecule has 0 spiro atoms. The molecular weight excluding hydrogens is 312 g/mol. The summed E-state index contributed by atoms with van der Waals surface area (Å²) in [5, 5.41) is 9.45. The third-order valence-electron chi connectivity index (χ3n) is 4.31. The molecule has 7 nitrogen and oxygen atoms in total. The maximum atomic E-state index is 13.0. The number of aliphatic carboxylic acids is 1. The number of aliphatic imine (C=N–C) groups is 1. The van der Waals surface area contributed by atoms with Crippen LogP contribution in [-0.2, 0) is 14.3 Å². The molecule has 0 aliphatic carbocycles. The van der Waals surface area contributed by atoms with Crippen LogP contribution in [0.15, 0.2) is 29.8 Å². The van der Waals surface area contributed by atoms with E-state index in [9.17, 15) is 19.5 Å². The standard InChI is InChI=1S/C17H24N2O5/c1-6-10(3)13(9-18-17(23)24-5)15(20)19-12(7-2)8-11(4)14(19)16(21)22/h7,9-10,12-14H,2,4,6,8H2,1,3,5H3,(H,21,22). The van der Waals surface area contributed by atoms with E-state index in [1.54, 1.807) is 0 Å². The van der Waals surface area contributed by atoms with E-state index in [-0.39, 0.29) is 5.92 Å². The molecule has 132 valence electrons. The number of carbonyl (C=O) groups excluding carboxylic acids is 2. The number of hydrogen-bond donors (Lipinski definition) is 1. The van der Waals surface area contributed by atoms with Crippen LogP contribution in [0.5, 0.6) is 0 Å². The van der Waals surface area contributed by atoms with E-state index in [1.807, 2.05) is 13.8 Å². The van der Waals surface area contributed by atoms with Crippen LogP contribution in [0.1, 0.15) is 26.7 Å². The van der Waals surface area contributed by atoms with Gasteiger partial charge in [0, 0.05) is 6.21 Å². The fraction of sp³-hybridized carbons (Fsp3) is 0.529. The summed E-state index contributed by atoms with van der Waals surface area (Å²) in [5.74, 6) is -2.40. The Labute approximate surface area is 141 Å². The summed E-state index contributed by atoms with van der Waals surface area (Å²) >= 11 is 0. The first-order valence-electron chi connectivity index (χ1n) is 7.75. The second-order valence-corrected chi connectivity index (χ2v) is 5.81. The normalized spacial score (nSPS) is 23.1. The predicted octanol–water partition coefficient (Wildman–Crippen LogP) is 2.28. The van der Waals surface area contributed by atoms with Gasteiger partial charge in [-0.3, -0.25) is 4.79 Å². The molecule has 4 unspecified atom stereocenters. The van der Waals surface area contributed by atoms with Gasteiger partial charge in [-0.1, -0.05) is 32.9 Å². The number of nitrogens with zero attached hydrogens (tertiary/aromatic N) is 2. The maximum Gasteiger partial charge on any atom is 0.432 e. The Hall–Kier alpha value is -2.44. The highest BCUT2D eigenvalue weighted by Crippen LogP contribution is 2.32. The molecule has 7 heteroatoms. The number of amides is 2. The van der Waals surface area contributed by atoms with E-state index in [1.165, 1.54) is 24.3 Å². The Morgan fingerprint density at radius 1 is 1.50 bits per heavy atom. The van der Waals surface area contributed by atoms with Gasteiger partial charge in [0.25, 0.3) is 0 Å². The number of carbonyl (C=O) groups is 3. The van der Waals surface area contributed by atoms with E-state index in [0.717, 1.165) is 0 Å². The molecule has 0 aromatic rings. The summed E-state index contributed by atoms with van der Waals surface area (Å²) in [5.41, 5.74) is 0.452. The van der Waals surface area contributed by atoms with Crippen LogP contribution in [-0.4, -0.2) is 53.4 Å². The molecule has 0 aromatic carbocycles. The van der Waals surface area contributed by atoms with Gasteiger partial charge in [0.05, 0.1) is 19.1 Å². The van der Waals surface area contributed by atoms with Gasteiger partial charge in [0.15, 0.2) is 6.04 Å². The average Bonchev–Trinajstić information content (AvgIpc) is 2.90. The smallest absolute Gasteiger partial charge is 0.432 e. The van der Waals surface area contributed by atoms with Gasteiger partial charge in [0.1, 0.15) is 0 Å². The third-order valence-corrected chi connectivity index (χ3v) is 4.31. The van der Waals surface area contributed by atoms with Crippen LogP contribution in [0.4, 0.5) is 4.79 Å². The molecule has 1 rings (SSSR count). The molecular formula is C17H24N2O5. The Balaban J connectivity index is 3.20. The summed E-state index contributed by atoms with van der Waals surface area (Å²) < 4.78 is 4.45. The Kier molecular flexibility index (Phi) is 6.88. The number of methoxy groups -OCH3 is 1. The van der Waals surface area contributed by atoms with Crippen LogP contribution >= 0.6 is 0 Å². The molecule has 0 saturated carbocycles. The first kappa shape index (κ1) is 19.6. The summed E-state index contributed by atoms with van der Waals surface area (Å²) in [6.45, 7) is 11.2. The summed E-state index contributed by atoms with van der Waals surface area (Å²) in [7, 11) is 1.19. The number of rotatable bonds is 6. The molecule has 1 saturated heterocycles. The molecule has 1 aliphatic heterocycles. The Morgan fingerprint density at radius 3 is 2.58 bits per heavy atom. The number of carboxylic acid groups (broad SMARTS) is 1. The number of likely N-dealkylation sites (tertiary alicyclic amines) is 1. The van der Waals surface area contributed by atoms with Crippen molar-refractivity contribution in [3.63, 3.8) is 0 Å². The van der Waals surface area contributed by atoms with Gasteiger partial charge in [-0.25, -0.2) is 9.59 Å². The summed E-state index contributed by atoms with van der Waals surface area (Å²) in [6, 6.07) is -1.54. The van der Waals surface area contributed by atoms with Gasteiger partial charge in [-0.2, -0.15) is 4.99 Å². The molecule has 1 heterocycles. The zero-order valence-corrected chi connectivity index (χ0v) is 14.3. The molecule has 1 fully saturated rings. The lowest BCUT2D eigenvalue weighted by atomic mass is 9.91. The first-order valence-corrected chi connectivity index (χ1v) is 7.75. The summed E-state index contributed by atoms with van der Waals surface area (Å²) in [4.78, 5) is 40.7. The number of carboxylic acids is 1. The van der Waals surface area contributed by atoms with Crippen molar-refractivity contribution >= 4 is 24.2 Å². The highest BCUT2D eigenvalue weighted by Gasteiger charge is 2.44. The second kappa shape index (κ2) is 8.42. The van der Waals surface area contributed by atoms with Crippen LogP contribution < -0.4 is 0 Å². The van der Waals surface area contributed by atoms with Gasteiger partial charge < -0.3 is 14.7 Å². The molecule has 0 bridgehead atoms. The van der Waals surface area contributed by atoms with Crippen molar-refractivity contribution in [3.05, 3.63) is 24.8 Å². The zero-order chi connectivity index (χ0) is 18.4. The van der Waals surface area contributed by atoms with Crippen molar-refractivity contribution in [2.75, 3.05) is 7.11 Å². The third kappa shape index (κ3) is 4.10. The van der Waals surface area contributed by atoms with Gasteiger partial charge in [-0.15, -0.1) is 6.58 Å². The van der Waals surface area contributed by atoms with Gasteiger partial charge in [-0.05, 0) is 17.9 Å². The SMILES string of the molecule is C=CC1CC(=C)C(C(=O)O)N1C(=O)C(C=NC(=O)OC)C(C)CC. The van der Waals surface area contributed by atoms with Crippen LogP contribution in [0.3, 0.4) is 0 Å². The highest BCUT2D eigenvalue weighted by molar-refractivity contribution is 5.99. The minimum Gasteiger partial charge on any atom is -0.479 e. The first-order chi connectivity index (χ1) is 11.3. The second-order valence-electron chi connectivity index (χ2n) is 5.81. The largest absolute Gasteiger partial charge is 0.479 e. The van der Waals surface area contributed by atoms with E-state index in [2.05, 4.69) is 22.9 Å². The van der Waals surface area contributed by atoms with E-state index < -0.39 is 36.0 Å². The molecule has 0 radical (unpaired) electrons. The van der Waals surface area contributed by atoms with E-state index >= 15 is 0 Å². The molecule has 1 N–H and O–H groups in total. The van der Waals surface area contributed by atoms with Crippen molar-refractivity contribution in [2.24, 2.45) is 16.8 Å². The molecule has 0 aromatic heterocycles. The molecule has 4 atom stereocenters. The minimum absolute atomic E-state index is 0.125. The monoisotopic (exact) mass is 336 g/mol. The quantitative estimate of drug-likeness (QED) is 0.593. The highest BCUT2D eigenvalue weighted by atomic mass is 16.5. The van der Waals surface area contributed by atoms with Crippen molar-refractivity contribution < 1.29 is 24.2 Å². The molecule has 24 heavy (non-hydrogen) atoms. The van der Waals surface area contributed by atoms with Gasteiger partial charge in [0.2, 0.25) is 5.91 Å². The topological polar surface area (TPSA) is 96.3 Å². The Bertz CT molecular complexity index is 569. The van der Waals surface area contributed by atoms with Gasteiger partial charge >= 0.3 is 12.1 Å². The fourth-order valence-electron chi connectivity index (χ4n) is 2.72. The lowest BCUT2D eigenvalue weighted by molar-refractivity contribution is -0.149. The predicted molar refractivity (Wildman–Crippen MR) is 89.9 cm³/mol. The van der Waals surface area contributed by atoms with E-state index in [4.69, 9.17) is 0 Å². The van der Waals surface area contributed by atoms with Crippen molar-refractivity contribution in [1.29, 1.82) is 0 Å². The summed E-state index contributed by atoms with van der Waals surface area (Å²) in [6.07, 6.45) is 2.99. The number of hydrogen-bond acceptors (Lipinski definition) is 4. The van der Waals surface area contributed by atoms with Crippen LogP contribution in [0, 0.1) is 11.8 Å². The van der Waals surface area contributed by atoms with Crippen molar-refractivity contribution in [3.8, 4) is 0 Å². The lowest BCUT2D eigenvalue weighted by Crippen LogP contribution is -2.48. The molecule has 1 aliphatic rings. The molecule has 2 amide bonds. The lowest BCUT2D eigenvalue weighted by Gasteiger charge is -2.31. The minimum atomic E-state index is -1.13. The van der Waals surface area contributed by atoms with Crippen molar-refractivity contribution in [1.82, 2.24) is 4.90 Å². The maximum absolute atomic E-state index is 13.0. The number of ether oxygens (including phenoxy) is 1. The fourth-order valence-corrected chi connectivity index (χ4v) is 2.72. The zero-order valence-electron chi connectivity index (χ0n) is 14.3. The van der Waals surface area contributed by atoms with Crippen LogP contribution in [0.2, 0.25) is 0 Å². The Morgan fingerprint density at radius 2 is 2.12 bits per heavy atom. The average molecular weight is 336 g/mol. The van der Waals surface area contributed by atoms with E-state index in [0.29, 0.717) is 18.4 Å². The van der Waals surface area contributed by atoms with Crippen molar-refractivity contribution in [2.45, 2.75) is 38.8 Å². The van der Waals surface area contributed by atoms with Crippen LogP contribution in [0.25, 0.3) is 0 Å².